The Labute approximate surface area is 157 Å². The lowest BCUT2D eigenvalue weighted by atomic mass is 9.93. The summed E-state index contributed by atoms with van der Waals surface area (Å²) >= 11 is 0. The topological polar surface area (TPSA) is 50.4 Å². The van der Waals surface area contributed by atoms with Gasteiger partial charge < -0.3 is 15.4 Å². The van der Waals surface area contributed by atoms with Crippen molar-refractivity contribution in [3.05, 3.63) is 71.3 Å². The van der Waals surface area contributed by atoms with E-state index in [2.05, 4.69) is 10.6 Å². The smallest absolute Gasteiger partial charge is 0.315 e. The van der Waals surface area contributed by atoms with Gasteiger partial charge in [-0.15, -0.1) is 0 Å². The normalized spacial score (nSPS) is 19.5. The molecule has 0 radical (unpaired) electrons. The van der Waals surface area contributed by atoms with Crippen molar-refractivity contribution in [2.75, 3.05) is 0 Å². The molecule has 0 unspecified atom stereocenters. The third-order valence-electron chi connectivity index (χ3n) is 4.83. The summed E-state index contributed by atoms with van der Waals surface area (Å²) in [5.41, 5.74) is 1.02. The highest BCUT2D eigenvalue weighted by Crippen LogP contribution is 2.23. The number of nitrogens with one attached hydrogen (secondary N) is 2. The van der Waals surface area contributed by atoms with Crippen LogP contribution in [0.2, 0.25) is 0 Å². The van der Waals surface area contributed by atoms with Gasteiger partial charge in [-0.05, 0) is 43.4 Å². The number of hydrogen-bond donors (Lipinski definition) is 2. The second kappa shape index (κ2) is 9.46. The van der Waals surface area contributed by atoms with Crippen LogP contribution in [0.3, 0.4) is 0 Å². The van der Waals surface area contributed by atoms with Crippen LogP contribution in [0.4, 0.5) is 13.6 Å². The molecule has 0 heterocycles. The summed E-state index contributed by atoms with van der Waals surface area (Å²) in [6.07, 6.45) is 3.01. The van der Waals surface area contributed by atoms with Crippen molar-refractivity contribution in [3.8, 4) is 0 Å². The van der Waals surface area contributed by atoms with Gasteiger partial charge in [-0.25, -0.2) is 13.6 Å². The van der Waals surface area contributed by atoms with Gasteiger partial charge in [-0.1, -0.05) is 36.4 Å². The number of urea groups is 1. The summed E-state index contributed by atoms with van der Waals surface area (Å²) in [7, 11) is 0. The summed E-state index contributed by atoms with van der Waals surface area (Å²) in [5.74, 6) is -1.17. The maximum Gasteiger partial charge on any atom is 0.315 e. The Hall–Kier alpha value is -2.47. The molecule has 6 heteroatoms. The first-order valence-electron chi connectivity index (χ1n) is 9.24. The van der Waals surface area contributed by atoms with E-state index in [1.165, 1.54) is 18.2 Å². The lowest BCUT2D eigenvalue weighted by Crippen LogP contribution is -2.44. The van der Waals surface area contributed by atoms with Crippen molar-refractivity contribution in [2.45, 2.75) is 51.0 Å². The van der Waals surface area contributed by atoms with E-state index in [1.807, 2.05) is 30.3 Å². The molecule has 1 aliphatic rings. The van der Waals surface area contributed by atoms with Crippen LogP contribution in [0.5, 0.6) is 0 Å². The molecule has 3 rings (SSSR count). The molecule has 27 heavy (non-hydrogen) atoms. The third-order valence-corrected chi connectivity index (χ3v) is 4.83. The van der Waals surface area contributed by atoms with E-state index in [-0.39, 0.29) is 30.3 Å². The van der Waals surface area contributed by atoms with Crippen molar-refractivity contribution in [3.63, 3.8) is 0 Å². The molecule has 0 atom stereocenters. The predicted molar refractivity (Wildman–Crippen MR) is 99.0 cm³/mol. The Morgan fingerprint density at radius 2 is 1.63 bits per heavy atom. The second-order valence-electron chi connectivity index (χ2n) is 6.80. The van der Waals surface area contributed by atoms with Gasteiger partial charge in [-0.3, -0.25) is 0 Å². The molecule has 0 aromatic heterocycles. The molecule has 144 valence electrons. The maximum absolute atomic E-state index is 13.6. The van der Waals surface area contributed by atoms with Gasteiger partial charge in [0.2, 0.25) is 0 Å². The van der Waals surface area contributed by atoms with Crippen molar-refractivity contribution < 1.29 is 18.3 Å². The molecule has 2 aromatic carbocycles. The number of carbonyl (C=O) groups is 1. The number of amides is 2. The summed E-state index contributed by atoms with van der Waals surface area (Å²) in [4.78, 5) is 12.0. The first-order chi connectivity index (χ1) is 13.1. The first kappa shape index (κ1) is 19.3. The molecule has 2 N–H and O–H groups in total. The number of benzene rings is 2. The molecule has 4 nitrogen and oxygen atoms in total. The standard InChI is InChI=1S/C21H24F2N2O2/c22-19-7-4-8-20(23)18(19)14-27-17-11-9-16(10-12-17)25-21(26)24-13-15-5-2-1-3-6-15/h1-8,16-17H,9-14H2,(H2,24,25,26). The van der Waals surface area contributed by atoms with Crippen molar-refractivity contribution in [1.82, 2.24) is 10.6 Å². The minimum Gasteiger partial charge on any atom is -0.373 e. The summed E-state index contributed by atoms with van der Waals surface area (Å²) < 4.78 is 32.9. The van der Waals surface area contributed by atoms with Crippen molar-refractivity contribution >= 4 is 6.03 Å². The van der Waals surface area contributed by atoms with Crippen LogP contribution < -0.4 is 10.6 Å². The number of carbonyl (C=O) groups excluding carboxylic acids is 1. The molecule has 1 aliphatic carbocycles. The Morgan fingerprint density at radius 3 is 2.30 bits per heavy atom. The molecule has 1 fully saturated rings. The van der Waals surface area contributed by atoms with E-state index in [0.717, 1.165) is 31.2 Å². The first-order valence-corrected chi connectivity index (χ1v) is 9.24. The van der Waals surface area contributed by atoms with Crippen molar-refractivity contribution in [2.24, 2.45) is 0 Å². The average Bonchev–Trinajstić information content (AvgIpc) is 2.68. The molecule has 2 aromatic rings. The van der Waals surface area contributed by atoms with Crippen LogP contribution in [0.15, 0.2) is 48.5 Å². The molecule has 0 spiro atoms. The van der Waals surface area contributed by atoms with Gasteiger partial charge in [0.15, 0.2) is 0 Å². The third kappa shape index (κ3) is 5.76. The summed E-state index contributed by atoms with van der Waals surface area (Å²) in [5, 5.41) is 5.83. The van der Waals surface area contributed by atoms with Crippen LogP contribution in [-0.2, 0) is 17.9 Å². The molecular weight excluding hydrogens is 350 g/mol. The lowest BCUT2D eigenvalue weighted by molar-refractivity contribution is 0.00952. The quantitative estimate of drug-likeness (QED) is 0.792. The molecule has 2 amide bonds. The van der Waals surface area contributed by atoms with E-state index in [9.17, 15) is 13.6 Å². The summed E-state index contributed by atoms with van der Waals surface area (Å²) in [6, 6.07) is 13.4. The number of rotatable bonds is 6. The minimum absolute atomic E-state index is 0.0296. The number of hydrogen-bond acceptors (Lipinski definition) is 2. The van der Waals surface area contributed by atoms with Crippen LogP contribution in [0.25, 0.3) is 0 Å². The lowest BCUT2D eigenvalue weighted by Gasteiger charge is -2.29. The zero-order valence-electron chi connectivity index (χ0n) is 15.1. The highest BCUT2D eigenvalue weighted by atomic mass is 19.1. The van der Waals surface area contributed by atoms with Crippen LogP contribution >= 0.6 is 0 Å². The monoisotopic (exact) mass is 374 g/mol. The second-order valence-corrected chi connectivity index (χ2v) is 6.80. The fraction of sp³-hybridized carbons (Fsp3) is 0.381. The van der Waals surface area contributed by atoms with Gasteiger partial charge in [-0.2, -0.15) is 0 Å². The molecule has 0 aliphatic heterocycles. The Kier molecular flexibility index (Phi) is 6.76. The van der Waals surface area contributed by atoms with Gasteiger partial charge in [0.1, 0.15) is 11.6 Å². The fourth-order valence-electron chi connectivity index (χ4n) is 3.26. The molecular formula is C21H24F2N2O2. The number of halogens is 2. The van der Waals surface area contributed by atoms with Gasteiger partial charge in [0.25, 0.3) is 0 Å². The van der Waals surface area contributed by atoms with Crippen LogP contribution in [-0.4, -0.2) is 18.2 Å². The van der Waals surface area contributed by atoms with E-state index in [0.29, 0.717) is 6.54 Å². The van der Waals surface area contributed by atoms with Crippen LogP contribution in [0, 0.1) is 11.6 Å². The highest BCUT2D eigenvalue weighted by Gasteiger charge is 2.23. The maximum atomic E-state index is 13.6. The van der Waals surface area contributed by atoms with Crippen LogP contribution in [0.1, 0.15) is 36.8 Å². The van der Waals surface area contributed by atoms with Gasteiger partial charge in [0, 0.05) is 18.2 Å². The molecule has 1 saturated carbocycles. The SMILES string of the molecule is O=C(NCc1ccccc1)NC1CCC(OCc2c(F)cccc2F)CC1. The predicted octanol–water partition coefficient (Wildman–Crippen LogP) is 4.29. The minimum atomic E-state index is -0.583. The Morgan fingerprint density at radius 1 is 0.963 bits per heavy atom. The zero-order chi connectivity index (χ0) is 19.1. The van der Waals surface area contributed by atoms with Crippen molar-refractivity contribution in [1.29, 1.82) is 0 Å². The van der Waals surface area contributed by atoms with E-state index in [1.54, 1.807) is 0 Å². The van der Waals surface area contributed by atoms with Gasteiger partial charge in [0.05, 0.1) is 12.7 Å². The summed E-state index contributed by atoms with van der Waals surface area (Å²) in [6.45, 7) is 0.415. The molecule has 0 bridgehead atoms. The van der Waals surface area contributed by atoms with E-state index >= 15 is 0 Å². The zero-order valence-corrected chi connectivity index (χ0v) is 15.1. The highest BCUT2D eigenvalue weighted by molar-refractivity contribution is 5.74. The average molecular weight is 374 g/mol. The Bertz CT molecular complexity index is 727. The number of ether oxygens (including phenoxy) is 1. The van der Waals surface area contributed by atoms with Gasteiger partial charge >= 0.3 is 6.03 Å². The van der Waals surface area contributed by atoms with E-state index < -0.39 is 11.6 Å². The molecule has 0 saturated heterocycles. The largest absolute Gasteiger partial charge is 0.373 e. The Balaban J connectivity index is 1.37. The fourth-order valence-corrected chi connectivity index (χ4v) is 3.26. The van der Waals surface area contributed by atoms with E-state index in [4.69, 9.17) is 4.74 Å².